The Morgan fingerprint density at radius 1 is 1.47 bits per heavy atom. The summed E-state index contributed by atoms with van der Waals surface area (Å²) >= 11 is 0. The molecule has 1 aromatic carbocycles. The number of para-hydroxylation sites is 2. The monoisotopic (exact) mass is 238 g/mol. The number of anilines is 1. The lowest BCUT2D eigenvalue weighted by molar-refractivity contribution is -0.119. The number of primary amides is 1. The van der Waals surface area contributed by atoms with Crippen LogP contribution < -0.4 is 15.5 Å². The highest BCUT2D eigenvalue weighted by Gasteiger charge is 2.16. The summed E-state index contributed by atoms with van der Waals surface area (Å²) in [7, 11) is 3.10. The van der Waals surface area contributed by atoms with Crippen molar-refractivity contribution in [2.45, 2.75) is 0 Å². The van der Waals surface area contributed by atoms with E-state index in [0.717, 1.165) is 5.12 Å². The van der Waals surface area contributed by atoms with Crippen molar-refractivity contribution < 1.29 is 9.53 Å². The van der Waals surface area contributed by atoms with E-state index in [1.165, 1.54) is 12.1 Å². The molecule has 0 bridgehead atoms. The molecular weight excluding hydrogens is 224 g/mol. The molecule has 0 aliphatic rings. The van der Waals surface area contributed by atoms with Gasteiger partial charge < -0.3 is 10.5 Å². The first-order chi connectivity index (χ1) is 8.10. The summed E-state index contributed by atoms with van der Waals surface area (Å²) < 4.78 is 5.14. The number of nitrogens with two attached hydrogens (primary N) is 1. The van der Waals surface area contributed by atoms with E-state index < -0.39 is 5.91 Å². The molecule has 0 aromatic heterocycles. The van der Waals surface area contributed by atoms with Gasteiger partial charge in [0.15, 0.2) is 0 Å². The maximum Gasteiger partial charge on any atom is 0.241 e. The number of hydrogen-bond acceptors (Lipinski definition) is 5. The Bertz CT molecular complexity index is 410. The Balaban J connectivity index is 2.96. The molecule has 1 amide bonds. The van der Waals surface area contributed by atoms with Crippen molar-refractivity contribution in [2.24, 2.45) is 11.0 Å². The van der Waals surface area contributed by atoms with Crippen LogP contribution in [0.1, 0.15) is 0 Å². The Kier molecular flexibility index (Phi) is 4.27. The fraction of sp³-hybridized carbons (Fsp3) is 0.300. The van der Waals surface area contributed by atoms with E-state index >= 15 is 0 Å². The van der Waals surface area contributed by atoms with E-state index in [4.69, 9.17) is 10.5 Å². The summed E-state index contributed by atoms with van der Waals surface area (Å²) in [6.45, 7) is -0.294. The van der Waals surface area contributed by atoms with Gasteiger partial charge in [-0.05, 0) is 12.1 Å². The van der Waals surface area contributed by atoms with Gasteiger partial charge in [-0.1, -0.05) is 12.1 Å². The van der Waals surface area contributed by atoms with Crippen molar-refractivity contribution in [3.63, 3.8) is 0 Å². The third kappa shape index (κ3) is 3.07. The number of methoxy groups -OCH3 is 1. The summed E-state index contributed by atoms with van der Waals surface area (Å²) in [4.78, 5) is 21.4. The molecular formula is C10H14N4O3. The minimum Gasteiger partial charge on any atom is -0.495 e. The van der Waals surface area contributed by atoms with Crippen molar-refractivity contribution in [3.8, 4) is 5.75 Å². The van der Waals surface area contributed by atoms with Gasteiger partial charge >= 0.3 is 0 Å². The Hall–Kier alpha value is -2.31. The highest BCUT2D eigenvalue weighted by molar-refractivity contribution is 5.76. The molecule has 0 saturated heterocycles. The van der Waals surface area contributed by atoms with Crippen molar-refractivity contribution in [3.05, 3.63) is 29.2 Å². The van der Waals surface area contributed by atoms with Crippen molar-refractivity contribution >= 4 is 11.6 Å². The van der Waals surface area contributed by atoms with Crippen LogP contribution in [0.15, 0.2) is 29.6 Å². The van der Waals surface area contributed by atoms with Crippen LogP contribution >= 0.6 is 0 Å². The third-order valence-corrected chi connectivity index (χ3v) is 2.17. The van der Waals surface area contributed by atoms with Gasteiger partial charge in [0.1, 0.15) is 18.0 Å². The quantitative estimate of drug-likeness (QED) is 0.576. The molecule has 0 aliphatic heterocycles. The van der Waals surface area contributed by atoms with E-state index in [2.05, 4.69) is 5.29 Å². The number of carbonyl (C=O) groups excluding carboxylic acids is 1. The number of ether oxygens (including phenoxy) is 1. The summed E-state index contributed by atoms with van der Waals surface area (Å²) in [5.74, 6) is -0.0838. The average Bonchev–Trinajstić information content (AvgIpc) is 2.34. The first-order valence-electron chi connectivity index (χ1n) is 4.86. The van der Waals surface area contributed by atoms with E-state index in [0.29, 0.717) is 11.4 Å². The zero-order chi connectivity index (χ0) is 12.8. The smallest absolute Gasteiger partial charge is 0.241 e. The molecule has 0 unspecified atom stereocenters. The minimum atomic E-state index is -0.647. The number of rotatable bonds is 6. The molecule has 92 valence electrons. The van der Waals surface area contributed by atoms with Crippen LogP contribution in [0.3, 0.4) is 0 Å². The Labute approximate surface area is 98.7 Å². The molecule has 7 heteroatoms. The van der Waals surface area contributed by atoms with Gasteiger partial charge in [0.25, 0.3) is 0 Å². The predicted octanol–water partition coefficient (Wildman–Crippen LogP) is 0.515. The zero-order valence-corrected chi connectivity index (χ0v) is 9.66. The lowest BCUT2D eigenvalue weighted by Gasteiger charge is -2.27. The second-order valence-electron chi connectivity index (χ2n) is 3.27. The summed E-state index contributed by atoms with van der Waals surface area (Å²) in [6.07, 6.45) is 0. The van der Waals surface area contributed by atoms with Crippen LogP contribution in [0.4, 0.5) is 5.69 Å². The van der Waals surface area contributed by atoms with Crippen LogP contribution in [-0.4, -0.2) is 31.7 Å². The molecule has 0 spiro atoms. The fourth-order valence-electron chi connectivity index (χ4n) is 1.35. The van der Waals surface area contributed by atoms with E-state index in [1.54, 1.807) is 31.3 Å². The van der Waals surface area contributed by atoms with Crippen LogP contribution in [0.2, 0.25) is 0 Å². The Morgan fingerprint density at radius 3 is 2.65 bits per heavy atom. The first-order valence-corrected chi connectivity index (χ1v) is 4.86. The molecule has 0 heterocycles. The molecule has 0 aliphatic carbocycles. The van der Waals surface area contributed by atoms with Crippen LogP contribution in [-0.2, 0) is 4.79 Å². The third-order valence-electron chi connectivity index (χ3n) is 2.17. The normalized spacial score (nSPS) is 9.53. The van der Waals surface area contributed by atoms with Gasteiger partial charge in [0.05, 0.1) is 12.4 Å². The number of nitroso groups, excluding NO2 is 1. The van der Waals surface area contributed by atoms with Crippen LogP contribution in [0, 0.1) is 4.91 Å². The van der Waals surface area contributed by atoms with Gasteiger partial charge in [-0.25, -0.2) is 0 Å². The topological polar surface area (TPSA) is 88.2 Å². The summed E-state index contributed by atoms with van der Waals surface area (Å²) in [5.41, 5.74) is 5.63. The fourth-order valence-corrected chi connectivity index (χ4v) is 1.35. The number of carbonyl (C=O) groups is 1. The largest absolute Gasteiger partial charge is 0.495 e. The minimum absolute atomic E-state index is 0.294. The molecule has 1 aromatic rings. The van der Waals surface area contributed by atoms with Gasteiger partial charge in [0, 0.05) is 7.05 Å². The maximum absolute atomic E-state index is 10.8. The van der Waals surface area contributed by atoms with Crippen LogP contribution in [0.25, 0.3) is 0 Å². The average molecular weight is 238 g/mol. The predicted molar refractivity (Wildman–Crippen MR) is 63.1 cm³/mol. The summed E-state index contributed by atoms with van der Waals surface area (Å²) in [5, 5.41) is 5.05. The first kappa shape index (κ1) is 12.8. The standard InChI is InChI=1S/C10H14N4O3/c1-13(14(12-16)7-10(11)15)8-5-3-4-6-9(8)17-2/h3-6H,7H2,1-2H3,(H2,11,15). The molecule has 0 radical (unpaired) electrons. The SMILES string of the molecule is COc1ccccc1N(C)N(CC(N)=O)N=O. The lowest BCUT2D eigenvalue weighted by Crippen LogP contribution is -2.41. The highest BCUT2D eigenvalue weighted by Crippen LogP contribution is 2.27. The number of nitrogens with zero attached hydrogens (tertiary/aromatic N) is 3. The van der Waals surface area contributed by atoms with Gasteiger partial charge in [-0.15, -0.1) is 4.91 Å². The van der Waals surface area contributed by atoms with Gasteiger partial charge in [-0.3, -0.25) is 9.80 Å². The highest BCUT2D eigenvalue weighted by atomic mass is 16.5. The van der Waals surface area contributed by atoms with E-state index in [-0.39, 0.29) is 6.54 Å². The molecule has 17 heavy (non-hydrogen) atoms. The van der Waals surface area contributed by atoms with E-state index in [1.807, 2.05) is 0 Å². The van der Waals surface area contributed by atoms with Crippen molar-refractivity contribution in [1.82, 2.24) is 5.12 Å². The molecule has 0 saturated carbocycles. The molecule has 0 fully saturated rings. The van der Waals surface area contributed by atoms with Crippen molar-refractivity contribution in [1.29, 1.82) is 0 Å². The lowest BCUT2D eigenvalue weighted by atomic mass is 10.3. The summed E-state index contributed by atoms with van der Waals surface area (Å²) in [6, 6.07) is 7.04. The molecule has 7 nitrogen and oxygen atoms in total. The van der Waals surface area contributed by atoms with Gasteiger partial charge in [0.2, 0.25) is 5.91 Å². The Morgan fingerprint density at radius 2 is 2.12 bits per heavy atom. The molecule has 0 atom stereocenters. The maximum atomic E-state index is 10.8. The second-order valence-corrected chi connectivity index (χ2v) is 3.27. The molecule has 2 N–H and O–H groups in total. The number of hydrogen-bond donors (Lipinski definition) is 1. The number of amides is 1. The van der Waals surface area contributed by atoms with Crippen LogP contribution in [0.5, 0.6) is 5.75 Å². The number of hydrazine groups is 1. The molecule has 1 rings (SSSR count). The zero-order valence-electron chi connectivity index (χ0n) is 9.66. The second kappa shape index (κ2) is 5.69. The number of benzene rings is 1. The van der Waals surface area contributed by atoms with Crippen molar-refractivity contribution in [2.75, 3.05) is 25.7 Å². The van der Waals surface area contributed by atoms with E-state index in [9.17, 15) is 9.70 Å². The van der Waals surface area contributed by atoms with Gasteiger partial charge in [-0.2, -0.15) is 5.12 Å².